The van der Waals surface area contributed by atoms with Gasteiger partial charge >= 0.3 is 5.97 Å². The molecule has 0 radical (unpaired) electrons. The van der Waals surface area contributed by atoms with Crippen LogP contribution in [0.1, 0.15) is 37.6 Å². The molecule has 0 bridgehead atoms. The Hall–Kier alpha value is -1.43. The molecule has 1 aromatic rings. The summed E-state index contributed by atoms with van der Waals surface area (Å²) < 4.78 is 9.95. The summed E-state index contributed by atoms with van der Waals surface area (Å²) >= 11 is 0. The number of carboxylic acids is 1. The number of carboxylic acid groups (broad SMARTS) is 1. The van der Waals surface area contributed by atoms with Gasteiger partial charge in [0.1, 0.15) is 12.5 Å². The molecule has 6 heteroatoms. The number of rotatable bonds is 6. The van der Waals surface area contributed by atoms with Gasteiger partial charge in [-0.05, 0) is 6.42 Å². The van der Waals surface area contributed by atoms with Crippen molar-refractivity contribution < 1.29 is 19.2 Å². The Morgan fingerprint density at radius 1 is 1.67 bits per heavy atom. The minimum absolute atomic E-state index is 0.107. The highest BCUT2D eigenvalue weighted by molar-refractivity contribution is 5.68. The van der Waals surface area contributed by atoms with Crippen LogP contribution in [-0.4, -0.2) is 28.3 Å². The number of carbonyl (C=O) groups is 1. The highest BCUT2D eigenvalue weighted by Gasteiger charge is 2.17. The molecular formula is C9H14N2O4. The van der Waals surface area contributed by atoms with Gasteiger partial charge in [0.15, 0.2) is 0 Å². The zero-order valence-electron chi connectivity index (χ0n) is 8.77. The van der Waals surface area contributed by atoms with E-state index in [1.807, 2.05) is 6.92 Å². The van der Waals surface area contributed by atoms with Crippen LogP contribution in [0.3, 0.4) is 0 Å². The van der Waals surface area contributed by atoms with Crippen molar-refractivity contribution in [3.63, 3.8) is 0 Å². The van der Waals surface area contributed by atoms with Gasteiger partial charge in [-0.2, -0.15) is 4.98 Å². The summed E-state index contributed by atoms with van der Waals surface area (Å²) in [5, 5.41) is 12.2. The third-order valence-electron chi connectivity index (χ3n) is 1.91. The third kappa shape index (κ3) is 3.32. The second-order valence-electron chi connectivity index (χ2n) is 3.13. The monoisotopic (exact) mass is 214 g/mol. The normalized spacial score (nSPS) is 12.7. The summed E-state index contributed by atoms with van der Waals surface area (Å²) in [6.45, 7) is 2.02. The van der Waals surface area contributed by atoms with Gasteiger partial charge in [0.25, 0.3) is 0 Å². The van der Waals surface area contributed by atoms with E-state index >= 15 is 0 Å². The van der Waals surface area contributed by atoms with Crippen molar-refractivity contribution in [2.45, 2.75) is 32.3 Å². The number of hydrogen-bond acceptors (Lipinski definition) is 5. The van der Waals surface area contributed by atoms with Crippen molar-refractivity contribution in [2.24, 2.45) is 0 Å². The van der Waals surface area contributed by atoms with Crippen LogP contribution in [0.2, 0.25) is 0 Å². The van der Waals surface area contributed by atoms with Crippen LogP contribution < -0.4 is 0 Å². The number of nitrogens with zero attached hydrogens (tertiary/aromatic N) is 2. The molecule has 0 saturated heterocycles. The number of aliphatic carboxylic acids is 1. The minimum Gasteiger partial charge on any atom is -0.481 e. The van der Waals surface area contributed by atoms with Gasteiger partial charge < -0.3 is 14.4 Å². The van der Waals surface area contributed by atoms with Gasteiger partial charge in [-0.1, -0.05) is 18.5 Å². The lowest BCUT2D eigenvalue weighted by Crippen LogP contribution is -2.04. The Bertz CT molecular complexity index is 324. The quantitative estimate of drug-likeness (QED) is 0.765. The van der Waals surface area contributed by atoms with E-state index in [1.165, 1.54) is 0 Å². The van der Waals surface area contributed by atoms with Crippen molar-refractivity contribution in [2.75, 3.05) is 7.11 Å². The molecule has 6 nitrogen and oxygen atoms in total. The van der Waals surface area contributed by atoms with E-state index in [-0.39, 0.29) is 18.4 Å². The predicted molar refractivity (Wildman–Crippen MR) is 50.3 cm³/mol. The van der Waals surface area contributed by atoms with Crippen LogP contribution in [0.25, 0.3) is 0 Å². The SMILES string of the molecule is CCCC(OC)c1noc(CC(=O)O)n1. The van der Waals surface area contributed by atoms with Crippen LogP contribution in [-0.2, 0) is 16.0 Å². The zero-order valence-corrected chi connectivity index (χ0v) is 8.77. The van der Waals surface area contributed by atoms with Crippen molar-refractivity contribution >= 4 is 5.97 Å². The number of ether oxygens (including phenoxy) is 1. The highest BCUT2D eigenvalue weighted by Crippen LogP contribution is 2.18. The van der Waals surface area contributed by atoms with Gasteiger partial charge in [-0.3, -0.25) is 4.79 Å². The molecule has 1 heterocycles. The molecule has 1 aromatic heterocycles. The molecular weight excluding hydrogens is 200 g/mol. The summed E-state index contributed by atoms with van der Waals surface area (Å²) in [6.07, 6.45) is 1.24. The summed E-state index contributed by atoms with van der Waals surface area (Å²) in [7, 11) is 1.56. The topological polar surface area (TPSA) is 85.5 Å². The molecule has 0 saturated carbocycles. The van der Waals surface area contributed by atoms with Crippen LogP contribution >= 0.6 is 0 Å². The van der Waals surface area contributed by atoms with Crippen molar-refractivity contribution in [3.8, 4) is 0 Å². The number of hydrogen-bond donors (Lipinski definition) is 1. The molecule has 0 amide bonds. The van der Waals surface area contributed by atoms with Gasteiger partial charge in [0.2, 0.25) is 11.7 Å². The summed E-state index contributed by atoms with van der Waals surface area (Å²) in [6, 6.07) is 0. The lowest BCUT2D eigenvalue weighted by molar-refractivity contribution is -0.136. The zero-order chi connectivity index (χ0) is 11.3. The molecule has 0 aliphatic heterocycles. The summed E-state index contributed by atoms with van der Waals surface area (Å²) in [4.78, 5) is 14.3. The maximum Gasteiger partial charge on any atom is 0.312 e. The van der Waals surface area contributed by atoms with Crippen LogP contribution in [0.4, 0.5) is 0 Å². The Morgan fingerprint density at radius 2 is 2.40 bits per heavy atom. The number of aromatic nitrogens is 2. The second-order valence-corrected chi connectivity index (χ2v) is 3.13. The fourth-order valence-corrected chi connectivity index (χ4v) is 1.21. The highest BCUT2D eigenvalue weighted by atomic mass is 16.5. The van der Waals surface area contributed by atoms with E-state index in [2.05, 4.69) is 10.1 Å². The Labute approximate surface area is 87.2 Å². The second kappa shape index (κ2) is 5.45. The fraction of sp³-hybridized carbons (Fsp3) is 0.667. The Balaban J connectivity index is 2.68. The maximum atomic E-state index is 10.4. The lowest BCUT2D eigenvalue weighted by Gasteiger charge is -2.08. The molecule has 0 fully saturated rings. The third-order valence-corrected chi connectivity index (χ3v) is 1.91. The van der Waals surface area contributed by atoms with Crippen molar-refractivity contribution in [1.82, 2.24) is 10.1 Å². The largest absolute Gasteiger partial charge is 0.481 e. The first-order valence-corrected chi connectivity index (χ1v) is 4.74. The molecule has 0 aromatic carbocycles. The minimum atomic E-state index is -0.991. The van der Waals surface area contributed by atoms with Gasteiger partial charge in [0.05, 0.1) is 0 Å². The first kappa shape index (κ1) is 11.6. The fourth-order valence-electron chi connectivity index (χ4n) is 1.21. The van der Waals surface area contributed by atoms with Gasteiger partial charge in [-0.15, -0.1) is 0 Å². The van der Waals surface area contributed by atoms with Gasteiger partial charge in [-0.25, -0.2) is 0 Å². The molecule has 84 valence electrons. The standard InChI is InChI=1S/C9H14N2O4/c1-3-4-6(14-2)9-10-7(15-11-9)5-8(12)13/h6H,3-5H2,1-2H3,(H,12,13). The average molecular weight is 214 g/mol. The molecule has 1 atom stereocenters. The van der Waals surface area contributed by atoms with Crippen molar-refractivity contribution in [1.29, 1.82) is 0 Å². The van der Waals surface area contributed by atoms with E-state index in [9.17, 15) is 4.79 Å². The summed E-state index contributed by atoms with van der Waals surface area (Å²) in [5.74, 6) is -0.471. The molecule has 1 unspecified atom stereocenters. The Morgan fingerprint density at radius 3 is 2.93 bits per heavy atom. The van der Waals surface area contributed by atoms with E-state index in [0.717, 1.165) is 12.8 Å². The molecule has 1 rings (SSSR count). The van der Waals surface area contributed by atoms with Crippen LogP contribution in [0.5, 0.6) is 0 Å². The van der Waals surface area contributed by atoms with Crippen molar-refractivity contribution in [3.05, 3.63) is 11.7 Å². The molecule has 0 aliphatic carbocycles. The smallest absolute Gasteiger partial charge is 0.312 e. The summed E-state index contributed by atoms with van der Waals surface area (Å²) in [5.41, 5.74) is 0. The molecule has 0 aliphatic rings. The van der Waals surface area contributed by atoms with E-state index in [4.69, 9.17) is 14.4 Å². The molecule has 15 heavy (non-hydrogen) atoms. The predicted octanol–water partition coefficient (Wildman–Crippen LogP) is 1.18. The molecule has 0 spiro atoms. The number of methoxy groups -OCH3 is 1. The van der Waals surface area contributed by atoms with E-state index in [1.54, 1.807) is 7.11 Å². The first-order valence-electron chi connectivity index (χ1n) is 4.74. The molecule has 1 N–H and O–H groups in total. The van der Waals surface area contributed by atoms with Crippen LogP contribution in [0.15, 0.2) is 4.52 Å². The van der Waals surface area contributed by atoms with Gasteiger partial charge in [0, 0.05) is 7.11 Å². The first-order chi connectivity index (χ1) is 7.17. The van der Waals surface area contributed by atoms with Crippen LogP contribution in [0, 0.1) is 0 Å². The Kier molecular flexibility index (Phi) is 4.23. The van der Waals surface area contributed by atoms with E-state index in [0.29, 0.717) is 5.82 Å². The average Bonchev–Trinajstić information content (AvgIpc) is 2.61. The lowest BCUT2D eigenvalue weighted by atomic mass is 10.2. The maximum absolute atomic E-state index is 10.4. The van der Waals surface area contributed by atoms with E-state index < -0.39 is 5.97 Å².